The van der Waals surface area contributed by atoms with Crippen molar-refractivity contribution in [1.29, 1.82) is 0 Å². The maximum absolute atomic E-state index is 13.9. The summed E-state index contributed by atoms with van der Waals surface area (Å²) in [6, 6.07) is 0. The normalized spacial score (nSPS) is 16.5. The Bertz CT molecular complexity index is 693. The van der Waals surface area contributed by atoms with Crippen molar-refractivity contribution in [1.82, 2.24) is 14.7 Å². The first-order chi connectivity index (χ1) is 10.1. The minimum Gasteiger partial charge on any atom is -0.342 e. The van der Waals surface area contributed by atoms with Gasteiger partial charge in [-0.1, -0.05) is 18.2 Å². The standard InChI is InChI=1S/C16H20ClF2N3/c1-7-22-15(16(5,18)19)10(3)13(20-22)14-9(2)8-12(17)11(4)21(14)6/h8H,4,7H2,1-3,5-6H3. The van der Waals surface area contributed by atoms with Crippen LogP contribution >= 0.6 is 11.6 Å². The number of likely N-dealkylation sites (N-methyl/N-ethyl adjacent to an activating group) is 1. The average Bonchev–Trinajstić information content (AvgIpc) is 2.73. The van der Waals surface area contributed by atoms with Gasteiger partial charge in [0.25, 0.3) is 5.92 Å². The molecule has 0 unspecified atom stereocenters. The van der Waals surface area contributed by atoms with Gasteiger partial charge < -0.3 is 4.90 Å². The van der Waals surface area contributed by atoms with Crippen LogP contribution in [0.4, 0.5) is 8.78 Å². The summed E-state index contributed by atoms with van der Waals surface area (Å²) in [6.07, 6.45) is 1.79. The minimum absolute atomic E-state index is 0.0510. The SMILES string of the molecule is C=C1C(Cl)=CC(C)=C(c2nn(CC)c(C(C)(F)F)c2C)N1C. The summed E-state index contributed by atoms with van der Waals surface area (Å²) in [5.74, 6) is -2.95. The number of allylic oxidation sites excluding steroid dienone is 3. The predicted octanol–water partition coefficient (Wildman–Crippen LogP) is 4.64. The fraction of sp³-hybridized carbons (Fsp3) is 0.438. The number of hydrogen-bond donors (Lipinski definition) is 0. The molecular formula is C16H20ClF2N3. The lowest BCUT2D eigenvalue weighted by molar-refractivity contribution is 0.00730. The Kier molecular flexibility index (Phi) is 4.22. The molecule has 0 aromatic carbocycles. The van der Waals surface area contributed by atoms with Gasteiger partial charge in [-0.2, -0.15) is 13.9 Å². The van der Waals surface area contributed by atoms with Crippen LogP contribution in [0.2, 0.25) is 0 Å². The zero-order valence-electron chi connectivity index (χ0n) is 13.5. The molecule has 0 radical (unpaired) electrons. The van der Waals surface area contributed by atoms with Crippen molar-refractivity contribution in [3.05, 3.63) is 45.9 Å². The zero-order valence-corrected chi connectivity index (χ0v) is 14.2. The van der Waals surface area contributed by atoms with Gasteiger partial charge in [0.1, 0.15) is 11.4 Å². The van der Waals surface area contributed by atoms with E-state index in [-0.39, 0.29) is 5.69 Å². The summed E-state index contributed by atoms with van der Waals surface area (Å²) in [4.78, 5) is 1.80. The van der Waals surface area contributed by atoms with E-state index in [0.29, 0.717) is 28.5 Å². The van der Waals surface area contributed by atoms with Crippen LogP contribution in [0.25, 0.3) is 5.70 Å². The third kappa shape index (κ3) is 2.58. The Morgan fingerprint density at radius 2 is 1.95 bits per heavy atom. The molecule has 22 heavy (non-hydrogen) atoms. The van der Waals surface area contributed by atoms with Crippen LogP contribution in [0.15, 0.2) is 29.0 Å². The Balaban J connectivity index is 2.71. The molecule has 0 N–H and O–H groups in total. The second-order valence-electron chi connectivity index (χ2n) is 5.56. The van der Waals surface area contributed by atoms with E-state index >= 15 is 0 Å². The van der Waals surface area contributed by atoms with Crippen molar-refractivity contribution in [2.24, 2.45) is 0 Å². The van der Waals surface area contributed by atoms with E-state index in [9.17, 15) is 8.78 Å². The fourth-order valence-electron chi connectivity index (χ4n) is 2.81. The van der Waals surface area contributed by atoms with Gasteiger partial charge in [0.05, 0.1) is 16.4 Å². The topological polar surface area (TPSA) is 21.1 Å². The van der Waals surface area contributed by atoms with E-state index in [1.165, 1.54) is 4.68 Å². The van der Waals surface area contributed by atoms with Gasteiger partial charge in [-0.15, -0.1) is 0 Å². The zero-order chi connectivity index (χ0) is 16.8. The van der Waals surface area contributed by atoms with Crippen LogP contribution in [0.1, 0.15) is 37.7 Å². The van der Waals surface area contributed by atoms with Gasteiger partial charge >= 0.3 is 0 Å². The average molecular weight is 328 g/mol. The lowest BCUT2D eigenvalue weighted by atomic mass is 10.0. The maximum atomic E-state index is 13.9. The molecule has 3 nitrogen and oxygen atoms in total. The molecule has 0 fully saturated rings. The summed E-state index contributed by atoms with van der Waals surface area (Å²) < 4.78 is 29.2. The lowest BCUT2D eigenvalue weighted by Crippen LogP contribution is -2.21. The summed E-state index contributed by atoms with van der Waals surface area (Å²) in [7, 11) is 1.81. The quantitative estimate of drug-likeness (QED) is 0.806. The third-order valence-electron chi connectivity index (χ3n) is 3.86. The number of rotatable bonds is 3. The number of nitrogens with zero attached hydrogens (tertiary/aromatic N) is 3. The van der Waals surface area contributed by atoms with Gasteiger partial charge in [-0.25, -0.2) is 0 Å². The molecule has 0 amide bonds. The Labute approximate surface area is 134 Å². The van der Waals surface area contributed by atoms with Crippen LogP contribution in [0.3, 0.4) is 0 Å². The van der Waals surface area contributed by atoms with E-state index in [4.69, 9.17) is 11.6 Å². The molecule has 0 saturated heterocycles. The molecular weight excluding hydrogens is 308 g/mol. The maximum Gasteiger partial charge on any atom is 0.286 e. The molecule has 1 aromatic rings. The highest BCUT2D eigenvalue weighted by Gasteiger charge is 2.35. The molecule has 120 valence electrons. The predicted molar refractivity (Wildman–Crippen MR) is 85.6 cm³/mol. The van der Waals surface area contributed by atoms with Gasteiger partial charge in [-0.05, 0) is 32.4 Å². The van der Waals surface area contributed by atoms with Crippen LogP contribution in [0.5, 0.6) is 0 Å². The van der Waals surface area contributed by atoms with Crippen molar-refractivity contribution in [2.75, 3.05) is 7.05 Å². The first-order valence-electron chi connectivity index (χ1n) is 7.06. The fourth-order valence-corrected chi connectivity index (χ4v) is 3.10. The van der Waals surface area contributed by atoms with Gasteiger partial charge in [0.2, 0.25) is 0 Å². The monoisotopic (exact) mass is 327 g/mol. The van der Waals surface area contributed by atoms with Crippen LogP contribution < -0.4 is 0 Å². The van der Waals surface area contributed by atoms with E-state index in [1.807, 2.05) is 14.0 Å². The molecule has 1 aromatic heterocycles. The van der Waals surface area contributed by atoms with E-state index in [1.54, 1.807) is 24.8 Å². The van der Waals surface area contributed by atoms with Crippen molar-refractivity contribution in [3.8, 4) is 0 Å². The van der Waals surface area contributed by atoms with E-state index in [2.05, 4.69) is 11.7 Å². The number of halogens is 3. The summed E-state index contributed by atoms with van der Waals surface area (Å²) in [6.45, 7) is 10.6. The van der Waals surface area contributed by atoms with Crippen LogP contribution in [-0.2, 0) is 12.5 Å². The first-order valence-corrected chi connectivity index (χ1v) is 7.44. The van der Waals surface area contributed by atoms with Crippen molar-refractivity contribution >= 4 is 17.3 Å². The Hall–Kier alpha value is -1.62. The van der Waals surface area contributed by atoms with Crippen molar-refractivity contribution < 1.29 is 8.78 Å². The van der Waals surface area contributed by atoms with Crippen LogP contribution in [0, 0.1) is 6.92 Å². The molecule has 1 aliphatic heterocycles. The first kappa shape index (κ1) is 16.7. The largest absolute Gasteiger partial charge is 0.342 e. The molecule has 0 aliphatic carbocycles. The molecule has 0 spiro atoms. The van der Waals surface area contributed by atoms with E-state index in [0.717, 1.165) is 18.2 Å². The molecule has 0 saturated carbocycles. The van der Waals surface area contributed by atoms with Gasteiger partial charge in [-0.3, -0.25) is 4.68 Å². The summed E-state index contributed by atoms with van der Waals surface area (Å²) in [5, 5.41) is 4.94. The number of aryl methyl sites for hydroxylation is 1. The minimum atomic E-state index is -2.95. The van der Waals surface area contributed by atoms with Crippen molar-refractivity contribution in [2.45, 2.75) is 40.2 Å². The molecule has 6 heteroatoms. The third-order valence-corrected chi connectivity index (χ3v) is 4.19. The molecule has 0 atom stereocenters. The number of alkyl halides is 2. The number of hydrogen-bond acceptors (Lipinski definition) is 2. The molecule has 1 aliphatic rings. The molecule has 2 heterocycles. The van der Waals surface area contributed by atoms with Crippen LogP contribution in [-0.4, -0.2) is 21.7 Å². The lowest BCUT2D eigenvalue weighted by Gasteiger charge is -2.29. The second-order valence-corrected chi connectivity index (χ2v) is 5.96. The van der Waals surface area contributed by atoms with Crippen molar-refractivity contribution in [3.63, 3.8) is 0 Å². The van der Waals surface area contributed by atoms with Gasteiger partial charge in [0.15, 0.2) is 0 Å². The highest BCUT2D eigenvalue weighted by molar-refractivity contribution is 6.32. The smallest absolute Gasteiger partial charge is 0.286 e. The second kappa shape index (κ2) is 5.54. The molecule has 2 rings (SSSR count). The number of aromatic nitrogens is 2. The Morgan fingerprint density at radius 3 is 2.41 bits per heavy atom. The molecule has 0 bridgehead atoms. The van der Waals surface area contributed by atoms with E-state index < -0.39 is 5.92 Å². The highest BCUT2D eigenvalue weighted by Crippen LogP contribution is 2.39. The summed E-state index contributed by atoms with van der Waals surface area (Å²) in [5.41, 5.74) is 3.22. The van der Waals surface area contributed by atoms with Gasteiger partial charge in [0, 0.05) is 26.1 Å². The Morgan fingerprint density at radius 1 is 1.36 bits per heavy atom. The highest BCUT2D eigenvalue weighted by atomic mass is 35.5. The summed E-state index contributed by atoms with van der Waals surface area (Å²) >= 11 is 6.13.